The number of halogens is 4. The van der Waals surface area contributed by atoms with E-state index < -0.39 is 47.2 Å². The van der Waals surface area contributed by atoms with Crippen LogP contribution in [0.15, 0.2) is 83.2 Å². The number of nitrogens with zero attached hydrogens (tertiary/aromatic N) is 8. The van der Waals surface area contributed by atoms with Gasteiger partial charge in [0.2, 0.25) is 11.8 Å². The first-order valence-electron chi connectivity index (χ1n) is 27.4. The third kappa shape index (κ3) is 11.7. The Morgan fingerprint density at radius 3 is 2.41 bits per heavy atom. The Morgan fingerprint density at radius 1 is 1.02 bits per heavy atom. The highest BCUT2D eigenvalue weighted by molar-refractivity contribution is 6.38. The molecule has 2 amide bonds. The van der Waals surface area contributed by atoms with E-state index in [-0.39, 0.29) is 99.8 Å². The van der Waals surface area contributed by atoms with Crippen LogP contribution in [0.4, 0.5) is 29.1 Å². The molecule has 0 unspecified atom stereocenters. The molecule has 10 rings (SSSR count). The number of aliphatic imine (C=N–C) groups is 1. The Labute approximate surface area is 471 Å². The van der Waals surface area contributed by atoms with Gasteiger partial charge in [0.25, 0.3) is 0 Å². The van der Waals surface area contributed by atoms with Gasteiger partial charge in [0.15, 0.2) is 5.75 Å². The predicted molar refractivity (Wildman–Crippen MR) is 303 cm³/mol. The van der Waals surface area contributed by atoms with E-state index in [0.29, 0.717) is 75.2 Å². The molecule has 5 atom stereocenters. The number of hydrogen-bond acceptors (Lipinski definition) is 17. The zero-order valence-corrected chi connectivity index (χ0v) is 45.8. The van der Waals surface area contributed by atoms with E-state index in [0.717, 1.165) is 41.7 Å². The van der Waals surface area contributed by atoms with Crippen LogP contribution in [-0.4, -0.2) is 130 Å². The lowest BCUT2D eigenvalue weighted by molar-refractivity contribution is -0.140. The molecule has 19 nitrogen and oxygen atoms in total. The first-order chi connectivity index (χ1) is 39.5. The van der Waals surface area contributed by atoms with E-state index in [2.05, 4.69) is 30.7 Å². The molecule has 4 saturated heterocycles. The normalized spacial score (nSPS) is 19.3. The fourth-order valence-electron chi connectivity index (χ4n) is 11.4. The van der Waals surface area contributed by atoms with Gasteiger partial charge in [-0.2, -0.15) is 28.2 Å². The van der Waals surface area contributed by atoms with Crippen LogP contribution >= 0.6 is 0 Å². The second kappa shape index (κ2) is 24.1. The Balaban J connectivity index is 0.925. The number of piperazine rings is 1. The van der Waals surface area contributed by atoms with Gasteiger partial charge < -0.3 is 56.7 Å². The molecule has 4 aliphatic rings. The average molecular weight is 1130 g/mol. The van der Waals surface area contributed by atoms with Gasteiger partial charge in [-0.3, -0.25) is 24.5 Å². The highest BCUT2D eigenvalue weighted by Gasteiger charge is 2.43. The van der Waals surface area contributed by atoms with Gasteiger partial charge in [0.1, 0.15) is 47.7 Å². The monoisotopic (exact) mass is 1130 g/mol. The molecule has 82 heavy (non-hydrogen) atoms. The van der Waals surface area contributed by atoms with Gasteiger partial charge in [-0.25, -0.2) is 4.39 Å². The molecule has 430 valence electrons. The number of hydrazone groups is 1. The number of alkyl halides is 3. The fraction of sp³-hybridized carbons (Fsp3) is 0.407. The molecule has 6 aromatic rings. The number of anilines is 2. The summed E-state index contributed by atoms with van der Waals surface area (Å²) in [5.74, 6) is 3.86. The zero-order chi connectivity index (χ0) is 58.0. The molecule has 0 radical (unpaired) electrons. The standard InChI is InChI=1S/C59H65F4N13O6/c1-31(2)51(57(79)75-19-5-6-48(75)56(78)71-47(29-77)36-11-13-37(14-12-36)52-33(4)67-17-18-68-52)70-27-46(74-66)35-9-7-34(8-10-35)30-81-54-50(49-32(3)44(60)24-45(65)42(49)25-64)43(59(61,62)63)23-41-53(54)72-58(82-40-15-20-80-21-16-40)73-55(41)76-28-38-22-39(76)26-69-38/h7-14,17-18,23-25,27,31,38-40,47-48,51,64,69,77H,5-6,15-16,19-22,26,28-30,65-66H2,1-4H3,(H,71,78)/b64-25?,70-27?,74-46+/t38-,39-,47-,48-,51-/m0/s1. The summed E-state index contributed by atoms with van der Waals surface area (Å²) in [5, 5.41) is 29.1. The Morgan fingerprint density at radius 2 is 1.77 bits per heavy atom. The molecule has 4 fully saturated rings. The van der Waals surface area contributed by atoms with Crippen LogP contribution in [0.5, 0.6) is 11.8 Å². The van der Waals surface area contributed by atoms with E-state index in [9.17, 15) is 14.7 Å². The lowest BCUT2D eigenvalue weighted by Crippen LogP contribution is -2.50. The smallest absolute Gasteiger partial charge is 0.417 e. The van der Waals surface area contributed by atoms with Crippen LogP contribution < -0.4 is 36.6 Å². The number of likely N-dealkylation sites (tertiary alicyclic amines) is 1. The van der Waals surface area contributed by atoms with Crippen molar-refractivity contribution in [2.75, 3.05) is 50.1 Å². The maximum atomic E-state index is 15.8. The van der Waals surface area contributed by atoms with E-state index in [1.807, 2.05) is 49.9 Å². The second-order valence-electron chi connectivity index (χ2n) is 21.4. The number of fused-ring (bicyclic) bond motifs is 3. The third-order valence-corrected chi connectivity index (χ3v) is 15.8. The number of aliphatic hydroxyl groups excluding tert-OH is 1. The molecule has 4 aromatic carbocycles. The highest BCUT2D eigenvalue weighted by atomic mass is 19.4. The van der Waals surface area contributed by atoms with Crippen molar-refractivity contribution in [1.82, 2.24) is 35.5 Å². The number of nitrogen functional groups attached to an aromatic ring is 1. The van der Waals surface area contributed by atoms with Crippen molar-refractivity contribution in [3.05, 3.63) is 118 Å². The largest absolute Gasteiger partial charge is 0.486 e. The number of benzene rings is 4. The topological polar surface area (TPSA) is 265 Å². The summed E-state index contributed by atoms with van der Waals surface area (Å²) < 4.78 is 81.9. The molecule has 4 aliphatic heterocycles. The fourth-order valence-corrected chi connectivity index (χ4v) is 11.4. The molecule has 6 heterocycles. The maximum absolute atomic E-state index is 15.8. The average Bonchev–Trinajstić information content (AvgIpc) is 2.76. The number of rotatable bonds is 18. The zero-order valence-electron chi connectivity index (χ0n) is 45.8. The predicted octanol–water partition coefficient (Wildman–Crippen LogP) is 7.39. The highest BCUT2D eigenvalue weighted by Crippen LogP contribution is 2.51. The van der Waals surface area contributed by atoms with Gasteiger partial charge in [-0.15, -0.1) is 0 Å². The minimum absolute atomic E-state index is 0.0183. The first kappa shape index (κ1) is 57.1. The van der Waals surface area contributed by atoms with Crippen molar-refractivity contribution in [2.24, 2.45) is 21.9 Å². The van der Waals surface area contributed by atoms with Crippen molar-refractivity contribution >= 4 is 52.4 Å². The summed E-state index contributed by atoms with van der Waals surface area (Å²) in [6, 6.07) is 13.4. The summed E-state index contributed by atoms with van der Waals surface area (Å²) >= 11 is 0. The van der Waals surface area contributed by atoms with Crippen molar-refractivity contribution in [2.45, 2.75) is 109 Å². The Kier molecular flexibility index (Phi) is 16.8. The molecule has 8 N–H and O–H groups in total. The van der Waals surface area contributed by atoms with Crippen molar-refractivity contribution in [3.8, 4) is 34.1 Å². The molecule has 0 aliphatic carbocycles. The number of ether oxygens (including phenoxy) is 3. The number of amides is 2. The van der Waals surface area contributed by atoms with Crippen LogP contribution in [-0.2, 0) is 27.1 Å². The second-order valence-corrected chi connectivity index (χ2v) is 21.4. The van der Waals surface area contributed by atoms with Crippen molar-refractivity contribution in [3.63, 3.8) is 0 Å². The van der Waals surface area contributed by atoms with Crippen molar-refractivity contribution < 1.29 is 46.5 Å². The minimum atomic E-state index is -5.04. The number of carbonyl (C=O) groups is 2. The van der Waals surface area contributed by atoms with Crippen LogP contribution in [0, 0.1) is 31.0 Å². The summed E-state index contributed by atoms with van der Waals surface area (Å²) in [5.41, 5.74) is 7.81. The summed E-state index contributed by atoms with van der Waals surface area (Å²) in [4.78, 5) is 54.8. The summed E-state index contributed by atoms with van der Waals surface area (Å²) in [6.45, 7) is 8.42. The van der Waals surface area contributed by atoms with Gasteiger partial charge in [0, 0.05) is 102 Å². The van der Waals surface area contributed by atoms with Crippen LogP contribution in [0.25, 0.3) is 33.3 Å². The van der Waals surface area contributed by atoms with Gasteiger partial charge in [-0.1, -0.05) is 62.4 Å². The quantitative estimate of drug-likeness (QED) is 0.0161. The van der Waals surface area contributed by atoms with Crippen LogP contribution in [0.2, 0.25) is 0 Å². The van der Waals surface area contributed by atoms with Gasteiger partial charge >= 0.3 is 12.2 Å². The SMILES string of the molecule is Cc1nccnc1-c1ccc([C@H](CO)NC(=O)[C@@H]2CCCN2C(=O)[C@@H](N=C/C(=N\N)c2ccc(COc3c(-c4c(C)c(F)cc(N)c4C=N)c(C(F)(F)F)cc4c(N5C[C@@H]6C[C@H]5CN6)nc(OC5CCOCC5)nc34)cc2)C(C)C)cc1. The van der Waals surface area contributed by atoms with Crippen LogP contribution in [0.3, 0.4) is 0 Å². The number of aromatic nitrogens is 4. The first-order valence-corrected chi connectivity index (χ1v) is 27.4. The molecular weight excluding hydrogens is 1060 g/mol. The van der Waals surface area contributed by atoms with Gasteiger partial charge in [-0.05, 0) is 67.9 Å². The molecule has 2 bridgehead atoms. The number of hydrogen-bond donors (Lipinski definition) is 6. The third-order valence-electron chi connectivity index (χ3n) is 15.8. The minimum Gasteiger partial charge on any atom is -0.486 e. The lowest BCUT2D eigenvalue weighted by Gasteiger charge is -2.31. The number of aliphatic hydroxyl groups is 1. The van der Waals surface area contributed by atoms with Gasteiger partial charge in [0.05, 0.1) is 49.0 Å². The van der Waals surface area contributed by atoms with E-state index >= 15 is 17.6 Å². The Hall–Kier alpha value is -8.15. The molecule has 2 aromatic heterocycles. The van der Waals surface area contributed by atoms with E-state index in [4.69, 9.17) is 41.2 Å². The molecule has 0 spiro atoms. The van der Waals surface area contributed by atoms with Crippen molar-refractivity contribution in [1.29, 1.82) is 5.41 Å². The van der Waals surface area contributed by atoms with E-state index in [1.165, 1.54) is 18.0 Å². The van der Waals surface area contributed by atoms with Crippen LogP contribution in [0.1, 0.15) is 91.1 Å². The molecule has 23 heteroatoms. The molecular formula is C59H65F4N13O6. The molecule has 0 saturated carbocycles. The van der Waals surface area contributed by atoms with E-state index in [1.54, 1.807) is 36.7 Å². The number of nitrogens with one attached hydrogen (secondary N) is 3. The number of nitrogens with two attached hydrogens (primary N) is 2. The Bertz CT molecular complexity index is 3430. The lowest BCUT2D eigenvalue weighted by atomic mass is 9.88. The number of aryl methyl sites for hydroxylation is 1. The maximum Gasteiger partial charge on any atom is 0.417 e. The summed E-state index contributed by atoms with van der Waals surface area (Å²) in [6.07, 6.45) is 2.84. The summed E-state index contributed by atoms with van der Waals surface area (Å²) in [7, 11) is 0. The number of carbonyl (C=O) groups excluding carboxylic acids is 2.